The highest BCUT2D eigenvalue weighted by Crippen LogP contribution is 2.37. The number of anilines is 4. The lowest BCUT2D eigenvalue weighted by molar-refractivity contribution is 0.749. The third-order valence-electron chi connectivity index (χ3n) is 4.69. The van der Waals surface area contributed by atoms with Crippen LogP contribution in [0.4, 0.5) is 23.1 Å². The molecular formula is C21H22N4. The van der Waals surface area contributed by atoms with Crippen LogP contribution in [0.5, 0.6) is 0 Å². The van der Waals surface area contributed by atoms with Gasteiger partial charge in [0, 0.05) is 29.2 Å². The Balaban J connectivity index is 1.72. The molecule has 2 heterocycles. The first-order valence-corrected chi connectivity index (χ1v) is 8.67. The Labute approximate surface area is 148 Å². The lowest BCUT2D eigenvalue weighted by Gasteiger charge is -2.24. The van der Waals surface area contributed by atoms with Gasteiger partial charge in [-0.25, -0.2) is 4.98 Å². The minimum atomic E-state index is 0.387. The van der Waals surface area contributed by atoms with Crippen LogP contribution in [-0.2, 0) is 6.42 Å². The van der Waals surface area contributed by atoms with Crippen molar-refractivity contribution in [1.82, 2.24) is 9.97 Å². The maximum Gasteiger partial charge on any atom is 0.229 e. The molecule has 0 bridgehead atoms. The molecule has 1 atom stereocenters. The summed E-state index contributed by atoms with van der Waals surface area (Å²) in [6.45, 7) is 6.34. The fraction of sp³-hybridized carbons (Fsp3) is 0.238. The molecule has 4 nitrogen and oxygen atoms in total. The van der Waals surface area contributed by atoms with E-state index in [-0.39, 0.29) is 0 Å². The van der Waals surface area contributed by atoms with Crippen molar-refractivity contribution in [3.63, 3.8) is 0 Å². The van der Waals surface area contributed by atoms with Crippen LogP contribution in [0, 0.1) is 13.8 Å². The van der Waals surface area contributed by atoms with Crippen LogP contribution in [0.3, 0.4) is 0 Å². The first kappa shape index (κ1) is 15.6. The summed E-state index contributed by atoms with van der Waals surface area (Å²) in [7, 11) is 0. The number of rotatable bonds is 3. The Hall–Kier alpha value is -2.88. The summed E-state index contributed by atoms with van der Waals surface area (Å²) in [5, 5.41) is 3.37. The Morgan fingerprint density at radius 3 is 2.60 bits per heavy atom. The van der Waals surface area contributed by atoms with E-state index in [9.17, 15) is 0 Å². The van der Waals surface area contributed by atoms with Gasteiger partial charge in [-0.1, -0.05) is 36.4 Å². The van der Waals surface area contributed by atoms with E-state index in [2.05, 4.69) is 71.5 Å². The molecule has 1 aliphatic heterocycles. The van der Waals surface area contributed by atoms with Gasteiger partial charge < -0.3 is 10.2 Å². The van der Waals surface area contributed by atoms with Crippen molar-refractivity contribution in [3.8, 4) is 0 Å². The van der Waals surface area contributed by atoms with Crippen LogP contribution >= 0.6 is 0 Å². The number of nitrogens with zero attached hydrogens (tertiary/aromatic N) is 3. The van der Waals surface area contributed by atoms with Crippen molar-refractivity contribution in [2.24, 2.45) is 0 Å². The monoisotopic (exact) mass is 330 g/mol. The quantitative estimate of drug-likeness (QED) is 0.740. The van der Waals surface area contributed by atoms with E-state index in [1.165, 1.54) is 16.8 Å². The number of fused-ring (bicyclic) bond motifs is 1. The number of nitrogens with one attached hydrogen (secondary N) is 1. The number of benzene rings is 2. The van der Waals surface area contributed by atoms with Crippen LogP contribution in [0.25, 0.3) is 0 Å². The summed E-state index contributed by atoms with van der Waals surface area (Å²) >= 11 is 0. The normalized spacial score (nSPS) is 16.0. The average molecular weight is 330 g/mol. The molecule has 1 aromatic heterocycles. The zero-order valence-corrected chi connectivity index (χ0v) is 14.8. The van der Waals surface area contributed by atoms with Gasteiger partial charge >= 0.3 is 0 Å². The summed E-state index contributed by atoms with van der Waals surface area (Å²) in [5.74, 6) is 1.59. The Bertz CT molecular complexity index is 919. The van der Waals surface area contributed by atoms with Gasteiger partial charge in [0.25, 0.3) is 0 Å². The van der Waals surface area contributed by atoms with Crippen molar-refractivity contribution in [2.45, 2.75) is 33.2 Å². The molecule has 4 rings (SSSR count). The van der Waals surface area contributed by atoms with E-state index in [1.807, 2.05) is 19.1 Å². The zero-order chi connectivity index (χ0) is 17.4. The van der Waals surface area contributed by atoms with Crippen molar-refractivity contribution in [1.29, 1.82) is 0 Å². The molecular weight excluding hydrogens is 308 g/mol. The van der Waals surface area contributed by atoms with Crippen molar-refractivity contribution in [3.05, 3.63) is 71.4 Å². The molecule has 1 unspecified atom stereocenters. The van der Waals surface area contributed by atoms with Gasteiger partial charge in [-0.2, -0.15) is 4.98 Å². The predicted octanol–water partition coefficient (Wildman–Crippen LogP) is 4.92. The maximum atomic E-state index is 4.80. The molecule has 0 saturated heterocycles. The van der Waals surface area contributed by atoms with E-state index in [0.717, 1.165) is 23.6 Å². The van der Waals surface area contributed by atoms with Gasteiger partial charge in [-0.15, -0.1) is 0 Å². The number of hydrogen-bond acceptors (Lipinski definition) is 4. The Morgan fingerprint density at radius 2 is 1.76 bits per heavy atom. The highest BCUT2D eigenvalue weighted by Gasteiger charge is 2.28. The minimum Gasteiger partial charge on any atom is -0.324 e. The summed E-state index contributed by atoms with van der Waals surface area (Å²) in [6, 6.07) is 19.2. The second-order valence-electron chi connectivity index (χ2n) is 6.68. The Kier molecular flexibility index (Phi) is 3.88. The van der Waals surface area contributed by atoms with E-state index in [4.69, 9.17) is 4.98 Å². The van der Waals surface area contributed by atoms with Crippen molar-refractivity contribution < 1.29 is 0 Å². The number of hydrogen-bond donors (Lipinski definition) is 1. The Morgan fingerprint density at radius 1 is 1.00 bits per heavy atom. The molecule has 0 aliphatic carbocycles. The maximum absolute atomic E-state index is 4.80. The summed E-state index contributed by atoms with van der Waals surface area (Å²) in [4.78, 5) is 11.7. The molecule has 126 valence electrons. The molecule has 0 saturated carbocycles. The van der Waals surface area contributed by atoms with Gasteiger partial charge in [0.1, 0.15) is 5.82 Å². The number of para-hydroxylation sites is 2. The van der Waals surface area contributed by atoms with E-state index >= 15 is 0 Å². The lowest BCUT2D eigenvalue weighted by atomic mass is 10.1. The molecule has 1 N–H and O–H groups in total. The average Bonchev–Trinajstić information content (AvgIpc) is 2.92. The number of aryl methyl sites for hydroxylation is 2. The largest absolute Gasteiger partial charge is 0.324 e. The molecule has 0 fully saturated rings. The van der Waals surface area contributed by atoms with Gasteiger partial charge in [0.2, 0.25) is 5.95 Å². The summed E-state index contributed by atoms with van der Waals surface area (Å²) in [6.07, 6.45) is 1.04. The molecule has 2 aromatic carbocycles. The highest BCUT2D eigenvalue weighted by molar-refractivity contribution is 5.70. The fourth-order valence-electron chi connectivity index (χ4n) is 3.48. The highest BCUT2D eigenvalue weighted by atomic mass is 15.3. The summed E-state index contributed by atoms with van der Waals surface area (Å²) < 4.78 is 0. The topological polar surface area (TPSA) is 41.1 Å². The van der Waals surface area contributed by atoms with E-state index in [0.29, 0.717) is 12.0 Å². The van der Waals surface area contributed by atoms with Crippen LogP contribution in [-0.4, -0.2) is 16.0 Å². The number of aromatic nitrogens is 2. The molecule has 0 amide bonds. The molecule has 3 aromatic rings. The van der Waals surface area contributed by atoms with Gasteiger partial charge in [-0.3, -0.25) is 0 Å². The smallest absolute Gasteiger partial charge is 0.229 e. The second-order valence-corrected chi connectivity index (χ2v) is 6.68. The van der Waals surface area contributed by atoms with Gasteiger partial charge in [0.05, 0.1) is 0 Å². The van der Waals surface area contributed by atoms with Crippen LogP contribution < -0.4 is 10.2 Å². The summed E-state index contributed by atoms with van der Waals surface area (Å²) in [5.41, 5.74) is 5.79. The first-order valence-electron chi connectivity index (χ1n) is 8.67. The molecule has 4 heteroatoms. The second kappa shape index (κ2) is 6.20. The SMILES string of the molecule is Cc1cc(N2c3ccccc3CC2C)nc(Nc2ccccc2C)n1. The third kappa shape index (κ3) is 2.95. The predicted molar refractivity (Wildman–Crippen MR) is 103 cm³/mol. The van der Waals surface area contributed by atoms with E-state index in [1.54, 1.807) is 0 Å². The van der Waals surface area contributed by atoms with Crippen LogP contribution in [0.2, 0.25) is 0 Å². The van der Waals surface area contributed by atoms with Crippen molar-refractivity contribution >= 4 is 23.1 Å². The van der Waals surface area contributed by atoms with Crippen LogP contribution in [0.15, 0.2) is 54.6 Å². The molecule has 0 radical (unpaired) electrons. The van der Waals surface area contributed by atoms with E-state index < -0.39 is 0 Å². The van der Waals surface area contributed by atoms with Crippen molar-refractivity contribution in [2.75, 3.05) is 10.2 Å². The standard InChI is InChI=1S/C21H22N4/c1-14-8-4-6-10-18(14)23-21-22-15(2)12-20(24-21)25-16(3)13-17-9-5-7-11-19(17)25/h4-12,16H,13H2,1-3H3,(H,22,23,24). The first-order chi connectivity index (χ1) is 12.1. The fourth-order valence-corrected chi connectivity index (χ4v) is 3.48. The molecule has 1 aliphatic rings. The third-order valence-corrected chi connectivity index (χ3v) is 4.69. The minimum absolute atomic E-state index is 0.387. The molecule has 25 heavy (non-hydrogen) atoms. The van der Waals surface area contributed by atoms with Gasteiger partial charge in [0.15, 0.2) is 0 Å². The van der Waals surface area contributed by atoms with Gasteiger partial charge in [-0.05, 0) is 50.5 Å². The lowest BCUT2D eigenvalue weighted by Crippen LogP contribution is -2.25. The zero-order valence-electron chi connectivity index (χ0n) is 14.8. The molecule has 0 spiro atoms. The van der Waals surface area contributed by atoms with Crippen LogP contribution in [0.1, 0.15) is 23.7 Å².